The van der Waals surface area contributed by atoms with Gasteiger partial charge in [0.05, 0.1) is 17.9 Å². The number of phenols is 7. The number of benzene rings is 6. The van der Waals surface area contributed by atoms with E-state index >= 15 is 0 Å². The number of phenolic OH excluding ortho intramolecular Hbond substituents is 7. The summed E-state index contributed by atoms with van der Waals surface area (Å²) in [6, 6.07) is 12.7. The van der Waals surface area contributed by atoms with Crippen LogP contribution >= 0.6 is 0 Å². The number of hydrogen-bond donors (Lipinski definition) is 9. The molecule has 0 amide bonds. The number of rotatable bonds is 4. The van der Waals surface area contributed by atoms with Gasteiger partial charge in [0.25, 0.3) is 0 Å². The predicted octanol–water partition coefficient (Wildman–Crippen LogP) is 8.75. The number of nitrogens with one attached hydrogen (secondary N) is 2. The minimum atomic E-state index is -0.304. The Labute approximate surface area is 318 Å². The lowest BCUT2D eigenvalue weighted by Crippen LogP contribution is -2.36. The van der Waals surface area contributed by atoms with Crippen molar-refractivity contribution in [3.63, 3.8) is 0 Å². The van der Waals surface area contributed by atoms with E-state index in [1.165, 1.54) is 19.2 Å². The molecule has 8 rings (SSSR count). The van der Waals surface area contributed by atoms with Crippen LogP contribution in [0.1, 0.15) is 73.2 Å². The van der Waals surface area contributed by atoms with Crippen LogP contribution in [0.15, 0.2) is 48.5 Å². The number of methoxy groups -OCH3 is 1. The van der Waals surface area contributed by atoms with Crippen molar-refractivity contribution >= 4 is 21.5 Å². The highest BCUT2D eigenvalue weighted by Gasteiger charge is 2.33. The normalized spacial score (nSPS) is 19.4. The Bertz CT molecular complexity index is 2620. The van der Waals surface area contributed by atoms with E-state index in [4.69, 9.17) is 4.74 Å². The highest BCUT2D eigenvalue weighted by molar-refractivity contribution is 6.13. The van der Waals surface area contributed by atoms with E-state index in [1.807, 2.05) is 53.7 Å². The van der Waals surface area contributed by atoms with E-state index in [1.54, 1.807) is 24.3 Å². The third-order valence-electron chi connectivity index (χ3n) is 11.5. The van der Waals surface area contributed by atoms with Crippen molar-refractivity contribution in [2.24, 2.45) is 0 Å². The Kier molecular flexibility index (Phi) is 8.47. The van der Waals surface area contributed by atoms with Gasteiger partial charge in [0.1, 0.15) is 46.0 Å². The Balaban J connectivity index is 1.54. The van der Waals surface area contributed by atoms with Gasteiger partial charge in [0.15, 0.2) is 0 Å². The summed E-state index contributed by atoms with van der Waals surface area (Å²) in [4.78, 5) is 0. The van der Waals surface area contributed by atoms with E-state index < -0.39 is 0 Å². The summed E-state index contributed by atoms with van der Waals surface area (Å²) in [6.45, 7) is 11.7. The fourth-order valence-corrected chi connectivity index (χ4v) is 9.46. The van der Waals surface area contributed by atoms with Gasteiger partial charge >= 0.3 is 0 Å². The molecular formula is C45H46N2O8. The second-order valence-electron chi connectivity index (χ2n) is 15.6. The van der Waals surface area contributed by atoms with Gasteiger partial charge in [-0.25, -0.2) is 0 Å². The summed E-state index contributed by atoms with van der Waals surface area (Å²) < 4.78 is 5.86. The van der Waals surface area contributed by atoms with Crippen molar-refractivity contribution in [1.82, 2.24) is 10.6 Å². The Morgan fingerprint density at radius 3 is 1.42 bits per heavy atom. The molecule has 0 fully saturated rings. The fraction of sp³-hybridized carbons (Fsp3) is 0.289. The van der Waals surface area contributed by atoms with Crippen molar-refractivity contribution < 1.29 is 40.5 Å². The molecule has 2 aliphatic rings. The van der Waals surface area contributed by atoms with E-state index in [-0.39, 0.29) is 80.9 Å². The minimum absolute atomic E-state index is 0.00741. The summed E-state index contributed by atoms with van der Waals surface area (Å²) in [5.41, 5.74) is 6.61. The van der Waals surface area contributed by atoms with Gasteiger partial charge in [-0.2, -0.15) is 0 Å². The van der Waals surface area contributed by atoms with Gasteiger partial charge in [-0.15, -0.1) is 0 Å². The SMILES string of the molecule is COc1cc(C)cc2c(-c3c(O)cc(O)c4c3C[C@H](C)N[C@H]4C)cc(-c3cc(-c4c(O)cc(O)c5c4C[C@H](C)N[C@H]5C)c4cc(C)cc(O)c4c3O)c(O)c12. The Hall–Kier alpha value is -5.84. The number of fused-ring (bicyclic) bond motifs is 4. The van der Waals surface area contributed by atoms with Crippen molar-refractivity contribution in [3.05, 3.63) is 81.9 Å². The molecule has 0 radical (unpaired) electrons. The molecule has 0 bridgehead atoms. The molecule has 6 aromatic rings. The van der Waals surface area contributed by atoms with E-state index in [0.29, 0.717) is 68.1 Å². The maximum atomic E-state index is 12.4. The molecule has 2 aliphatic heterocycles. The molecule has 6 aromatic carbocycles. The number of aryl methyl sites for hydroxylation is 2. The first-order chi connectivity index (χ1) is 26.1. The molecule has 0 saturated carbocycles. The second kappa shape index (κ2) is 12.9. The molecule has 0 aliphatic carbocycles. The van der Waals surface area contributed by atoms with Gasteiger partial charge in [-0.05, 0) is 123 Å². The maximum absolute atomic E-state index is 12.4. The maximum Gasteiger partial charge on any atom is 0.135 e. The Morgan fingerprint density at radius 1 is 0.509 bits per heavy atom. The fourth-order valence-electron chi connectivity index (χ4n) is 9.46. The summed E-state index contributed by atoms with van der Waals surface area (Å²) in [5.74, 6) is -0.728. The van der Waals surface area contributed by atoms with Gasteiger partial charge in [-0.3, -0.25) is 0 Å². The van der Waals surface area contributed by atoms with Crippen molar-refractivity contribution in [1.29, 1.82) is 0 Å². The molecule has 4 atom stereocenters. The molecule has 0 unspecified atom stereocenters. The Morgan fingerprint density at radius 2 is 0.945 bits per heavy atom. The summed E-state index contributed by atoms with van der Waals surface area (Å²) >= 11 is 0. The van der Waals surface area contributed by atoms with Crippen LogP contribution in [0.3, 0.4) is 0 Å². The molecular weight excluding hydrogens is 697 g/mol. The van der Waals surface area contributed by atoms with Crippen LogP contribution in [0.5, 0.6) is 46.0 Å². The number of hydrogen-bond acceptors (Lipinski definition) is 10. The second-order valence-corrected chi connectivity index (χ2v) is 15.6. The quantitative estimate of drug-likeness (QED) is 0.0850. The highest BCUT2D eigenvalue weighted by Crippen LogP contribution is 2.56. The molecule has 0 aromatic heterocycles. The first-order valence-corrected chi connectivity index (χ1v) is 18.6. The topological polar surface area (TPSA) is 175 Å². The molecule has 9 N–H and O–H groups in total. The zero-order valence-electron chi connectivity index (χ0n) is 31.9. The molecule has 10 heteroatoms. The van der Waals surface area contributed by atoms with Crippen LogP contribution in [0.2, 0.25) is 0 Å². The minimum Gasteiger partial charge on any atom is -0.507 e. The third kappa shape index (κ3) is 5.54. The summed E-state index contributed by atoms with van der Waals surface area (Å²) in [7, 11) is 1.51. The van der Waals surface area contributed by atoms with Crippen LogP contribution in [0, 0.1) is 13.8 Å². The summed E-state index contributed by atoms with van der Waals surface area (Å²) in [5, 5.41) is 90.2. The molecule has 2 heterocycles. The largest absolute Gasteiger partial charge is 0.507 e. The van der Waals surface area contributed by atoms with Crippen molar-refractivity contribution in [2.75, 3.05) is 7.11 Å². The molecule has 284 valence electrons. The highest BCUT2D eigenvalue weighted by atomic mass is 16.5. The van der Waals surface area contributed by atoms with E-state index in [0.717, 1.165) is 22.3 Å². The zero-order valence-corrected chi connectivity index (χ0v) is 31.9. The van der Waals surface area contributed by atoms with Gasteiger partial charge < -0.3 is 51.1 Å². The van der Waals surface area contributed by atoms with E-state index in [2.05, 4.69) is 10.6 Å². The van der Waals surface area contributed by atoms with E-state index in [9.17, 15) is 35.7 Å². The average Bonchev–Trinajstić information content (AvgIpc) is 3.08. The van der Waals surface area contributed by atoms with Crippen molar-refractivity contribution in [3.8, 4) is 79.4 Å². The van der Waals surface area contributed by atoms with Crippen LogP contribution in [-0.4, -0.2) is 54.9 Å². The zero-order chi connectivity index (χ0) is 39.4. The van der Waals surface area contributed by atoms with Crippen LogP contribution in [0.4, 0.5) is 0 Å². The van der Waals surface area contributed by atoms with Gasteiger partial charge in [0, 0.05) is 69.7 Å². The lowest BCUT2D eigenvalue weighted by molar-refractivity contribution is 0.401. The molecule has 0 saturated heterocycles. The van der Waals surface area contributed by atoms with Gasteiger partial charge in [0.2, 0.25) is 0 Å². The third-order valence-corrected chi connectivity index (χ3v) is 11.5. The average molecular weight is 743 g/mol. The summed E-state index contributed by atoms with van der Waals surface area (Å²) in [6.07, 6.45) is 0.971. The first-order valence-electron chi connectivity index (χ1n) is 18.6. The lowest BCUT2D eigenvalue weighted by atomic mass is 9.80. The molecule has 0 spiro atoms. The number of aromatic hydroxyl groups is 7. The monoisotopic (exact) mass is 742 g/mol. The lowest BCUT2D eigenvalue weighted by Gasteiger charge is -2.32. The predicted molar refractivity (Wildman–Crippen MR) is 215 cm³/mol. The smallest absolute Gasteiger partial charge is 0.135 e. The molecule has 10 nitrogen and oxygen atoms in total. The van der Waals surface area contributed by atoms with Crippen molar-refractivity contribution in [2.45, 2.75) is 78.6 Å². The number of ether oxygens (including phenoxy) is 1. The standard InChI is InChI=1S/C45H46N2O8/c1-18-8-24-26(40-30-12-20(3)46-22(5)38(30)33(49)16-35(40)51)14-28(44(53)42(24)32(48)10-18)29-15-27(25-9-19(2)11-37(55-7)43(25)45(29)54)41-31-13-21(4)47-23(6)39(31)34(50)17-36(41)52/h8-11,14-17,20-23,46-54H,12-13H2,1-7H3/t20-,21-,22-,23-/m0/s1. The van der Waals surface area contributed by atoms with Gasteiger partial charge in [-0.1, -0.05) is 12.1 Å². The van der Waals surface area contributed by atoms with Crippen LogP contribution in [-0.2, 0) is 12.8 Å². The van der Waals surface area contributed by atoms with Crippen LogP contribution in [0.25, 0.3) is 54.9 Å². The molecule has 55 heavy (non-hydrogen) atoms. The first kappa shape index (κ1) is 36.2. The van der Waals surface area contributed by atoms with Crippen LogP contribution < -0.4 is 15.4 Å².